The van der Waals surface area contributed by atoms with E-state index in [1.807, 2.05) is 36.4 Å². The molecule has 0 aliphatic heterocycles. The number of aliphatic hydroxyl groups is 1. The lowest BCUT2D eigenvalue weighted by atomic mass is 9.83. The Labute approximate surface area is 168 Å². The average molecular weight is 384 g/mol. The summed E-state index contributed by atoms with van der Waals surface area (Å²) in [7, 11) is 0. The summed E-state index contributed by atoms with van der Waals surface area (Å²) in [4.78, 5) is 13.9. The summed E-state index contributed by atoms with van der Waals surface area (Å²) in [5, 5.41) is 19.0. The van der Waals surface area contributed by atoms with Gasteiger partial charge in [-0.05, 0) is 62.9 Å². The van der Waals surface area contributed by atoms with Gasteiger partial charge in [0.2, 0.25) is 0 Å². The Bertz CT molecular complexity index is 748. The third kappa shape index (κ3) is 5.91. The lowest BCUT2D eigenvalue weighted by molar-refractivity contribution is -0.136. The van der Waals surface area contributed by atoms with E-state index >= 15 is 0 Å². The lowest BCUT2D eigenvalue weighted by Crippen LogP contribution is -2.38. The highest BCUT2D eigenvalue weighted by Gasteiger charge is 2.22. The van der Waals surface area contributed by atoms with E-state index in [0.717, 1.165) is 29.7 Å². The van der Waals surface area contributed by atoms with Gasteiger partial charge in [0, 0.05) is 18.0 Å². The van der Waals surface area contributed by atoms with Crippen LogP contribution in [0.15, 0.2) is 48.5 Å². The lowest BCUT2D eigenvalue weighted by Gasteiger charge is -2.32. The zero-order valence-corrected chi connectivity index (χ0v) is 17.4. The first-order chi connectivity index (χ1) is 13.3. The maximum absolute atomic E-state index is 11.4. The van der Waals surface area contributed by atoms with Gasteiger partial charge in [-0.2, -0.15) is 0 Å². The topological polar surface area (TPSA) is 60.8 Å². The van der Waals surface area contributed by atoms with E-state index in [1.54, 1.807) is 0 Å². The van der Waals surface area contributed by atoms with Crippen LogP contribution in [0.5, 0.6) is 0 Å². The smallest absolute Gasteiger partial charge is 0.307 e. The zero-order valence-electron chi connectivity index (χ0n) is 17.4. The number of rotatable bonds is 10. The van der Waals surface area contributed by atoms with Gasteiger partial charge in [-0.25, -0.2) is 0 Å². The molecule has 0 saturated heterocycles. The number of hydrogen-bond acceptors (Lipinski definition) is 3. The Morgan fingerprint density at radius 1 is 1.00 bits per heavy atom. The van der Waals surface area contributed by atoms with Crippen molar-refractivity contribution in [3.8, 4) is 0 Å². The van der Waals surface area contributed by atoms with Gasteiger partial charge in [0.15, 0.2) is 0 Å². The number of nitrogens with zero attached hydrogens (tertiary/aromatic N) is 1. The van der Waals surface area contributed by atoms with E-state index in [4.69, 9.17) is 0 Å². The number of carbonyl (C=O) groups is 1. The van der Waals surface area contributed by atoms with Crippen LogP contribution in [0, 0.1) is 0 Å². The molecule has 4 nitrogen and oxygen atoms in total. The first-order valence-corrected chi connectivity index (χ1v) is 10.1. The SMILES string of the molecule is CC(C)N(CCC(c1ccccc1)c1cc(CO)ccc1CC(=O)O)C(C)C. The van der Waals surface area contributed by atoms with Gasteiger partial charge >= 0.3 is 5.97 Å². The molecule has 0 saturated carbocycles. The summed E-state index contributed by atoms with van der Waals surface area (Å²) in [6.45, 7) is 9.70. The minimum absolute atomic E-state index is 0.0115. The van der Waals surface area contributed by atoms with Crippen molar-refractivity contribution in [3.05, 3.63) is 70.8 Å². The number of carboxylic acid groups (broad SMARTS) is 1. The van der Waals surface area contributed by atoms with Gasteiger partial charge in [-0.3, -0.25) is 9.69 Å². The van der Waals surface area contributed by atoms with Crippen molar-refractivity contribution >= 4 is 5.97 Å². The fourth-order valence-corrected chi connectivity index (χ4v) is 3.97. The summed E-state index contributed by atoms with van der Waals surface area (Å²) >= 11 is 0. The van der Waals surface area contributed by atoms with E-state index in [1.165, 1.54) is 5.56 Å². The number of aliphatic hydroxyl groups excluding tert-OH is 1. The maximum atomic E-state index is 11.4. The highest BCUT2D eigenvalue weighted by molar-refractivity contribution is 5.71. The minimum atomic E-state index is -0.837. The molecule has 2 N–H and O–H groups in total. The van der Waals surface area contributed by atoms with Crippen LogP contribution < -0.4 is 0 Å². The van der Waals surface area contributed by atoms with Crippen LogP contribution in [0.4, 0.5) is 0 Å². The largest absolute Gasteiger partial charge is 0.481 e. The van der Waals surface area contributed by atoms with Crippen molar-refractivity contribution in [3.63, 3.8) is 0 Å². The highest BCUT2D eigenvalue weighted by atomic mass is 16.4. The van der Waals surface area contributed by atoms with Crippen molar-refractivity contribution in [2.75, 3.05) is 6.54 Å². The van der Waals surface area contributed by atoms with Crippen LogP contribution in [-0.4, -0.2) is 39.7 Å². The van der Waals surface area contributed by atoms with E-state index in [0.29, 0.717) is 12.1 Å². The molecule has 0 aromatic heterocycles. The van der Waals surface area contributed by atoms with Gasteiger partial charge in [-0.15, -0.1) is 0 Å². The summed E-state index contributed by atoms with van der Waals surface area (Å²) in [5.41, 5.74) is 3.82. The Morgan fingerprint density at radius 3 is 2.18 bits per heavy atom. The molecule has 0 fully saturated rings. The van der Waals surface area contributed by atoms with Crippen LogP contribution in [0.25, 0.3) is 0 Å². The Morgan fingerprint density at radius 2 is 1.64 bits per heavy atom. The number of benzene rings is 2. The third-order valence-electron chi connectivity index (χ3n) is 5.31. The quantitative estimate of drug-likeness (QED) is 0.636. The third-order valence-corrected chi connectivity index (χ3v) is 5.31. The molecule has 2 rings (SSSR count). The maximum Gasteiger partial charge on any atom is 0.307 e. The Hall–Kier alpha value is -2.17. The second-order valence-electron chi connectivity index (χ2n) is 7.94. The van der Waals surface area contributed by atoms with Gasteiger partial charge in [0.05, 0.1) is 13.0 Å². The fraction of sp³-hybridized carbons (Fsp3) is 0.458. The van der Waals surface area contributed by atoms with Crippen molar-refractivity contribution in [2.24, 2.45) is 0 Å². The van der Waals surface area contributed by atoms with E-state index in [2.05, 4.69) is 44.7 Å². The van der Waals surface area contributed by atoms with Crippen LogP contribution in [0.2, 0.25) is 0 Å². The van der Waals surface area contributed by atoms with E-state index in [-0.39, 0.29) is 18.9 Å². The van der Waals surface area contributed by atoms with Crippen LogP contribution in [0.3, 0.4) is 0 Å². The predicted molar refractivity (Wildman–Crippen MR) is 114 cm³/mol. The molecule has 0 radical (unpaired) electrons. The Kier molecular flexibility index (Phi) is 8.21. The molecule has 0 aliphatic rings. The van der Waals surface area contributed by atoms with E-state index < -0.39 is 5.97 Å². The summed E-state index contributed by atoms with van der Waals surface area (Å²) in [6.07, 6.45) is 0.879. The van der Waals surface area contributed by atoms with Crippen LogP contribution >= 0.6 is 0 Å². The normalized spacial score (nSPS) is 12.7. The standard InChI is InChI=1S/C24H33NO3/c1-17(2)25(18(3)4)13-12-22(20-8-6-5-7-9-20)23-14-19(16-26)10-11-21(23)15-24(27)28/h5-11,14,17-18,22,26H,12-13,15-16H2,1-4H3,(H,27,28). The molecule has 0 aliphatic carbocycles. The number of hydrogen-bond donors (Lipinski definition) is 2. The molecule has 0 spiro atoms. The minimum Gasteiger partial charge on any atom is -0.481 e. The highest BCUT2D eigenvalue weighted by Crippen LogP contribution is 2.32. The molecular weight excluding hydrogens is 350 g/mol. The molecule has 28 heavy (non-hydrogen) atoms. The molecule has 1 atom stereocenters. The fourth-order valence-electron chi connectivity index (χ4n) is 3.97. The van der Waals surface area contributed by atoms with Crippen molar-refractivity contribution in [2.45, 2.75) is 65.1 Å². The van der Waals surface area contributed by atoms with Gasteiger partial charge in [0.25, 0.3) is 0 Å². The second-order valence-corrected chi connectivity index (χ2v) is 7.94. The van der Waals surface area contributed by atoms with Crippen LogP contribution in [-0.2, 0) is 17.8 Å². The average Bonchev–Trinajstić information content (AvgIpc) is 2.65. The van der Waals surface area contributed by atoms with Crippen molar-refractivity contribution in [1.82, 2.24) is 4.90 Å². The first-order valence-electron chi connectivity index (χ1n) is 10.1. The second kappa shape index (κ2) is 10.4. The molecule has 152 valence electrons. The van der Waals surface area contributed by atoms with E-state index in [9.17, 15) is 15.0 Å². The monoisotopic (exact) mass is 383 g/mol. The molecule has 2 aromatic rings. The summed E-state index contributed by atoms with van der Waals surface area (Å²) in [5.74, 6) is -0.752. The van der Waals surface area contributed by atoms with Crippen molar-refractivity contribution in [1.29, 1.82) is 0 Å². The summed E-state index contributed by atoms with van der Waals surface area (Å²) < 4.78 is 0. The molecule has 0 amide bonds. The molecule has 0 heterocycles. The van der Waals surface area contributed by atoms with Crippen molar-refractivity contribution < 1.29 is 15.0 Å². The van der Waals surface area contributed by atoms with Gasteiger partial charge in [-0.1, -0.05) is 48.5 Å². The van der Waals surface area contributed by atoms with Gasteiger partial charge < -0.3 is 10.2 Å². The predicted octanol–water partition coefficient (Wildman–Crippen LogP) is 4.45. The molecule has 4 heteroatoms. The molecule has 1 unspecified atom stereocenters. The Balaban J connectivity index is 2.46. The zero-order chi connectivity index (χ0) is 20.7. The molecule has 2 aromatic carbocycles. The molecule has 0 bridgehead atoms. The number of carboxylic acids is 1. The molecular formula is C24H33NO3. The van der Waals surface area contributed by atoms with Crippen LogP contribution in [0.1, 0.15) is 62.3 Å². The first kappa shape index (κ1) is 22.1. The van der Waals surface area contributed by atoms with Gasteiger partial charge in [0.1, 0.15) is 0 Å². The number of aliphatic carboxylic acids is 1. The summed E-state index contributed by atoms with van der Waals surface area (Å²) in [6, 6.07) is 16.8.